The summed E-state index contributed by atoms with van der Waals surface area (Å²) < 4.78 is 5.31. The summed E-state index contributed by atoms with van der Waals surface area (Å²) in [4.78, 5) is 13.5. The number of nitrogens with zero attached hydrogens (tertiary/aromatic N) is 1. The summed E-state index contributed by atoms with van der Waals surface area (Å²) in [5, 5.41) is 0. The number of morpholine rings is 1. The Hall–Kier alpha value is -0.680. The van der Waals surface area contributed by atoms with E-state index in [0.29, 0.717) is 19.7 Å². The van der Waals surface area contributed by atoms with E-state index in [1.54, 1.807) is 4.90 Å². The molecule has 4 nitrogen and oxygen atoms in total. The van der Waals surface area contributed by atoms with E-state index in [1.807, 2.05) is 6.92 Å². The van der Waals surface area contributed by atoms with Gasteiger partial charge in [-0.1, -0.05) is 12.2 Å². The molecule has 0 radical (unpaired) electrons. The van der Waals surface area contributed by atoms with Crippen LogP contribution in [0, 0.1) is 0 Å². The Morgan fingerprint density at radius 3 is 3.00 bits per heavy atom. The molecule has 0 aromatic heterocycles. The second-order valence-corrected chi connectivity index (χ2v) is 3.69. The molecule has 1 amide bonds. The lowest BCUT2D eigenvalue weighted by Crippen LogP contribution is -2.45. The average Bonchev–Trinajstić information content (AvgIpc) is 2.03. The van der Waals surface area contributed by atoms with Crippen LogP contribution in [0.25, 0.3) is 0 Å². The van der Waals surface area contributed by atoms with Gasteiger partial charge in [-0.15, -0.1) is 0 Å². The molecule has 0 saturated carbocycles. The standard InChI is InChI=1S/C8H14N2O2S/c1-6-5-10(2-3-12-6)8(11)4-7(9)13/h6H,2-5H2,1H3,(H2,9,13). The fourth-order valence-electron chi connectivity index (χ4n) is 1.31. The van der Waals surface area contributed by atoms with Crippen molar-refractivity contribution in [3.05, 3.63) is 0 Å². The monoisotopic (exact) mass is 202 g/mol. The molecular weight excluding hydrogens is 188 g/mol. The molecule has 13 heavy (non-hydrogen) atoms. The van der Waals surface area contributed by atoms with Crippen molar-refractivity contribution >= 4 is 23.1 Å². The van der Waals surface area contributed by atoms with Gasteiger partial charge in [-0.2, -0.15) is 0 Å². The largest absolute Gasteiger partial charge is 0.393 e. The van der Waals surface area contributed by atoms with Crippen LogP contribution in [0.5, 0.6) is 0 Å². The molecule has 1 unspecified atom stereocenters. The molecule has 0 aromatic rings. The second-order valence-electron chi connectivity index (χ2n) is 3.16. The number of amides is 1. The van der Waals surface area contributed by atoms with Crippen molar-refractivity contribution in [3.8, 4) is 0 Å². The van der Waals surface area contributed by atoms with Crippen LogP contribution in [-0.2, 0) is 9.53 Å². The predicted molar refractivity (Wildman–Crippen MR) is 53.4 cm³/mol. The van der Waals surface area contributed by atoms with Crippen LogP contribution in [0.3, 0.4) is 0 Å². The lowest BCUT2D eigenvalue weighted by molar-refractivity contribution is -0.136. The molecule has 74 valence electrons. The van der Waals surface area contributed by atoms with Crippen molar-refractivity contribution < 1.29 is 9.53 Å². The summed E-state index contributed by atoms with van der Waals surface area (Å²) in [5.74, 6) is 0.00245. The van der Waals surface area contributed by atoms with Crippen molar-refractivity contribution in [2.45, 2.75) is 19.4 Å². The normalized spacial score (nSPS) is 22.8. The van der Waals surface area contributed by atoms with Crippen LogP contribution >= 0.6 is 12.2 Å². The molecule has 1 atom stereocenters. The van der Waals surface area contributed by atoms with Gasteiger partial charge in [0, 0.05) is 13.1 Å². The van der Waals surface area contributed by atoms with Crippen LogP contribution in [0.2, 0.25) is 0 Å². The third kappa shape index (κ3) is 3.28. The van der Waals surface area contributed by atoms with Gasteiger partial charge in [0.25, 0.3) is 0 Å². The number of thiocarbonyl (C=S) groups is 1. The zero-order valence-electron chi connectivity index (χ0n) is 7.66. The van der Waals surface area contributed by atoms with E-state index in [-0.39, 0.29) is 23.4 Å². The molecule has 1 fully saturated rings. The molecule has 0 bridgehead atoms. The van der Waals surface area contributed by atoms with Gasteiger partial charge in [-0.3, -0.25) is 4.79 Å². The van der Waals surface area contributed by atoms with Crippen molar-refractivity contribution in [3.63, 3.8) is 0 Å². The molecule has 5 heteroatoms. The number of ether oxygens (including phenoxy) is 1. The van der Waals surface area contributed by atoms with E-state index < -0.39 is 0 Å². The lowest BCUT2D eigenvalue weighted by Gasteiger charge is -2.31. The molecule has 1 heterocycles. The first kappa shape index (κ1) is 10.4. The van der Waals surface area contributed by atoms with E-state index in [1.165, 1.54) is 0 Å². The third-order valence-corrected chi connectivity index (χ3v) is 2.06. The van der Waals surface area contributed by atoms with Gasteiger partial charge in [0.1, 0.15) is 0 Å². The highest BCUT2D eigenvalue weighted by Crippen LogP contribution is 2.05. The maximum absolute atomic E-state index is 11.5. The van der Waals surface area contributed by atoms with E-state index in [4.69, 9.17) is 10.5 Å². The molecule has 1 aliphatic rings. The van der Waals surface area contributed by atoms with E-state index in [9.17, 15) is 4.79 Å². The number of rotatable bonds is 2. The topological polar surface area (TPSA) is 55.6 Å². The minimum Gasteiger partial charge on any atom is -0.393 e. The highest BCUT2D eigenvalue weighted by molar-refractivity contribution is 7.80. The third-order valence-electron chi connectivity index (χ3n) is 1.92. The van der Waals surface area contributed by atoms with Gasteiger partial charge in [-0.25, -0.2) is 0 Å². The van der Waals surface area contributed by atoms with Crippen molar-refractivity contribution in [2.75, 3.05) is 19.7 Å². The second kappa shape index (κ2) is 4.53. The Morgan fingerprint density at radius 1 is 1.77 bits per heavy atom. The van der Waals surface area contributed by atoms with Gasteiger partial charge in [0.15, 0.2) is 0 Å². The fourth-order valence-corrected chi connectivity index (χ4v) is 1.43. The summed E-state index contributed by atoms with van der Waals surface area (Å²) in [7, 11) is 0. The van der Waals surface area contributed by atoms with Crippen LogP contribution in [-0.4, -0.2) is 41.6 Å². The smallest absolute Gasteiger partial charge is 0.229 e. The predicted octanol–water partition coefficient (Wildman–Crippen LogP) is -0.0901. The Balaban J connectivity index is 2.41. The van der Waals surface area contributed by atoms with E-state index >= 15 is 0 Å². The molecular formula is C8H14N2O2S. The Labute approximate surface area is 83.0 Å². The summed E-state index contributed by atoms with van der Waals surface area (Å²) in [5.41, 5.74) is 5.29. The van der Waals surface area contributed by atoms with Crippen molar-refractivity contribution in [1.82, 2.24) is 4.90 Å². The Morgan fingerprint density at radius 2 is 2.46 bits per heavy atom. The van der Waals surface area contributed by atoms with Crippen molar-refractivity contribution in [2.24, 2.45) is 5.73 Å². The highest BCUT2D eigenvalue weighted by atomic mass is 32.1. The molecule has 1 rings (SSSR count). The highest BCUT2D eigenvalue weighted by Gasteiger charge is 2.21. The van der Waals surface area contributed by atoms with Crippen LogP contribution < -0.4 is 5.73 Å². The molecule has 0 aliphatic carbocycles. The zero-order valence-corrected chi connectivity index (χ0v) is 8.47. The minimum atomic E-state index is 0.00245. The quantitative estimate of drug-likeness (QED) is 0.636. The number of carbonyl (C=O) groups excluding carboxylic acids is 1. The number of nitrogens with two attached hydrogens (primary N) is 1. The number of carbonyl (C=O) groups is 1. The van der Waals surface area contributed by atoms with Crippen LogP contribution in [0.15, 0.2) is 0 Å². The van der Waals surface area contributed by atoms with Gasteiger partial charge in [0.05, 0.1) is 24.1 Å². The van der Waals surface area contributed by atoms with Crippen molar-refractivity contribution in [1.29, 1.82) is 0 Å². The summed E-state index contributed by atoms with van der Waals surface area (Å²) in [6.07, 6.45) is 0.284. The Kier molecular flexibility index (Phi) is 3.62. The molecule has 2 N–H and O–H groups in total. The summed E-state index contributed by atoms with van der Waals surface area (Å²) >= 11 is 4.67. The lowest BCUT2D eigenvalue weighted by atomic mass is 10.2. The molecule has 0 spiro atoms. The SMILES string of the molecule is CC1CN(C(=O)CC(N)=S)CCO1. The molecule has 1 aliphatic heterocycles. The van der Waals surface area contributed by atoms with Crippen LogP contribution in [0.4, 0.5) is 0 Å². The van der Waals surface area contributed by atoms with Gasteiger partial charge < -0.3 is 15.4 Å². The number of hydrogen-bond donors (Lipinski definition) is 1. The first-order valence-electron chi connectivity index (χ1n) is 4.27. The van der Waals surface area contributed by atoms with E-state index in [2.05, 4.69) is 12.2 Å². The average molecular weight is 202 g/mol. The van der Waals surface area contributed by atoms with Gasteiger partial charge >= 0.3 is 0 Å². The fraction of sp³-hybridized carbons (Fsp3) is 0.750. The molecule has 1 saturated heterocycles. The maximum Gasteiger partial charge on any atom is 0.229 e. The minimum absolute atomic E-state index is 0.00245. The van der Waals surface area contributed by atoms with Gasteiger partial charge in [0.2, 0.25) is 5.91 Å². The maximum atomic E-state index is 11.5. The first-order chi connectivity index (χ1) is 6.09. The number of hydrogen-bond acceptors (Lipinski definition) is 3. The summed E-state index contributed by atoms with van der Waals surface area (Å²) in [6.45, 7) is 3.83. The first-order valence-corrected chi connectivity index (χ1v) is 4.68. The summed E-state index contributed by atoms with van der Waals surface area (Å²) in [6, 6.07) is 0. The van der Waals surface area contributed by atoms with Gasteiger partial charge in [-0.05, 0) is 6.92 Å². The van der Waals surface area contributed by atoms with Crippen LogP contribution in [0.1, 0.15) is 13.3 Å². The zero-order chi connectivity index (χ0) is 9.84. The van der Waals surface area contributed by atoms with E-state index in [0.717, 1.165) is 0 Å². The Bertz CT molecular complexity index is 220. The molecule has 0 aromatic carbocycles.